The maximum atomic E-state index is 12.2. The van der Waals surface area contributed by atoms with Crippen LogP contribution < -0.4 is 5.32 Å². The summed E-state index contributed by atoms with van der Waals surface area (Å²) >= 11 is 0. The van der Waals surface area contributed by atoms with E-state index in [9.17, 15) is 13.2 Å². The van der Waals surface area contributed by atoms with Crippen molar-refractivity contribution in [2.75, 3.05) is 13.2 Å². The van der Waals surface area contributed by atoms with Crippen LogP contribution >= 0.6 is 0 Å². The van der Waals surface area contributed by atoms with Crippen LogP contribution in [0.5, 0.6) is 0 Å². The Labute approximate surface area is 150 Å². The van der Waals surface area contributed by atoms with Gasteiger partial charge < -0.3 is 10.1 Å². The van der Waals surface area contributed by atoms with Crippen molar-refractivity contribution >= 4 is 16.2 Å². The molecule has 2 rings (SSSR count). The number of nitrogens with one attached hydrogen (secondary N) is 1. The van der Waals surface area contributed by atoms with E-state index in [1.54, 1.807) is 45.0 Å². The Balaban J connectivity index is 1.81. The third-order valence-corrected chi connectivity index (χ3v) is 5.60. The molecule has 25 heavy (non-hydrogen) atoms. The first-order valence-corrected chi connectivity index (χ1v) is 9.75. The Morgan fingerprint density at radius 3 is 2.44 bits per heavy atom. The number of carbonyl (C=O) groups excluding carboxylic acids is 1. The van der Waals surface area contributed by atoms with E-state index in [4.69, 9.17) is 8.92 Å². The maximum Gasteiger partial charge on any atom is 0.407 e. The van der Waals surface area contributed by atoms with Crippen LogP contribution in [0, 0.1) is 18.3 Å². The molecule has 0 spiro atoms. The van der Waals surface area contributed by atoms with Crippen LogP contribution in [0.25, 0.3) is 0 Å². The molecule has 2 atom stereocenters. The van der Waals surface area contributed by atoms with Gasteiger partial charge in [0.05, 0.1) is 11.5 Å². The molecule has 1 aromatic carbocycles. The van der Waals surface area contributed by atoms with Crippen molar-refractivity contribution in [2.24, 2.45) is 11.3 Å². The first-order chi connectivity index (χ1) is 11.4. The summed E-state index contributed by atoms with van der Waals surface area (Å²) in [5.41, 5.74) is 0.278. The first-order valence-electron chi connectivity index (χ1n) is 8.34. The van der Waals surface area contributed by atoms with E-state index in [0.29, 0.717) is 6.54 Å². The van der Waals surface area contributed by atoms with Crippen LogP contribution in [0.4, 0.5) is 4.79 Å². The van der Waals surface area contributed by atoms with E-state index in [1.165, 1.54) is 0 Å². The van der Waals surface area contributed by atoms with Gasteiger partial charge in [-0.1, -0.05) is 24.6 Å². The zero-order valence-corrected chi connectivity index (χ0v) is 16.3. The Morgan fingerprint density at radius 1 is 1.28 bits per heavy atom. The smallest absolute Gasteiger partial charge is 0.407 e. The van der Waals surface area contributed by atoms with Gasteiger partial charge >= 0.3 is 6.09 Å². The number of hydrogen-bond donors (Lipinski definition) is 1. The lowest BCUT2D eigenvalue weighted by Crippen LogP contribution is -2.35. The number of benzene rings is 1. The van der Waals surface area contributed by atoms with Gasteiger partial charge in [-0.2, -0.15) is 8.42 Å². The molecule has 0 saturated heterocycles. The zero-order valence-electron chi connectivity index (χ0n) is 15.5. The summed E-state index contributed by atoms with van der Waals surface area (Å²) in [6.07, 6.45) is 0.333. The summed E-state index contributed by atoms with van der Waals surface area (Å²) in [7, 11) is -3.75. The Bertz CT molecular complexity index is 721. The average Bonchev–Trinajstić information content (AvgIpc) is 3.13. The van der Waals surface area contributed by atoms with Gasteiger partial charge in [-0.05, 0) is 57.6 Å². The third kappa shape index (κ3) is 5.71. The van der Waals surface area contributed by atoms with Gasteiger partial charge in [0.25, 0.3) is 10.1 Å². The van der Waals surface area contributed by atoms with Crippen LogP contribution in [0.2, 0.25) is 0 Å². The summed E-state index contributed by atoms with van der Waals surface area (Å²) in [6, 6.07) is 6.56. The quantitative estimate of drug-likeness (QED) is 0.779. The van der Waals surface area contributed by atoms with Gasteiger partial charge in [-0.25, -0.2) is 4.79 Å². The molecule has 0 aromatic heterocycles. The van der Waals surface area contributed by atoms with Gasteiger partial charge in [0, 0.05) is 6.54 Å². The number of hydrogen-bond acceptors (Lipinski definition) is 5. The van der Waals surface area contributed by atoms with E-state index in [2.05, 4.69) is 5.32 Å². The summed E-state index contributed by atoms with van der Waals surface area (Å²) < 4.78 is 34.8. The van der Waals surface area contributed by atoms with Crippen molar-refractivity contribution in [3.63, 3.8) is 0 Å². The standard InChI is InChI=1S/C18H27NO5S/c1-13-6-8-15(9-7-13)25(21,22)23-11-14-10-18(14,5)12-19-16(20)24-17(2,3)4/h6-9,14H,10-12H2,1-5H3,(H,19,20)/t14-,18+/m0/s1. The average molecular weight is 369 g/mol. The lowest BCUT2D eigenvalue weighted by atomic mass is 10.1. The molecule has 0 aliphatic heterocycles. The summed E-state index contributed by atoms with van der Waals surface area (Å²) in [5, 5.41) is 2.74. The van der Waals surface area contributed by atoms with Crippen LogP contribution in [0.3, 0.4) is 0 Å². The second kappa shape index (κ2) is 6.96. The van der Waals surface area contributed by atoms with Crippen LogP contribution in [0.1, 0.15) is 39.7 Å². The molecule has 1 saturated carbocycles. The van der Waals surface area contributed by atoms with Crippen LogP contribution in [0.15, 0.2) is 29.2 Å². The number of carbonyl (C=O) groups is 1. The molecule has 1 aliphatic carbocycles. The molecule has 0 bridgehead atoms. The van der Waals surface area contributed by atoms with E-state index < -0.39 is 21.8 Å². The molecule has 1 aromatic rings. The fourth-order valence-corrected chi connectivity index (χ4v) is 3.46. The molecular weight excluding hydrogens is 342 g/mol. The number of ether oxygens (including phenoxy) is 1. The summed E-state index contributed by atoms with van der Waals surface area (Å²) in [4.78, 5) is 11.9. The second-order valence-corrected chi connectivity index (χ2v) is 9.58. The molecule has 1 fully saturated rings. The van der Waals surface area contributed by atoms with Crippen LogP contribution in [-0.4, -0.2) is 33.3 Å². The van der Waals surface area contributed by atoms with E-state index in [1.807, 2.05) is 13.8 Å². The van der Waals surface area contributed by atoms with Crippen molar-refractivity contribution in [1.29, 1.82) is 0 Å². The lowest BCUT2D eigenvalue weighted by Gasteiger charge is -2.21. The number of rotatable bonds is 6. The normalized spacial score (nSPS) is 23.2. The van der Waals surface area contributed by atoms with E-state index in [0.717, 1.165) is 12.0 Å². The molecule has 1 aliphatic rings. The van der Waals surface area contributed by atoms with Crippen molar-refractivity contribution in [2.45, 2.75) is 51.5 Å². The van der Waals surface area contributed by atoms with Crippen LogP contribution in [-0.2, 0) is 19.0 Å². The van der Waals surface area contributed by atoms with Crippen molar-refractivity contribution in [3.8, 4) is 0 Å². The highest BCUT2D eigenvalue weighted by Crippen LogP contribution is 2.52. The predicted octanol–water partition coefficient (Wildman–Crippen LogP) is 3.25. The predicted molar refractivity (Wildman–Crippen MR) is 94.8 cm³/mol. The molecule has 6 nitrogen and oxygen atoms in total. The van der Waals surface area contributed by atoms with Crippen molar-refractivity contribution < 1.29 is 22.1 Å². The molecule has 1 amide bonds. The number of alkyl carbamates (subject to hydrolysis) is 1. The molecular formula is C18H27NO5S. The van der Waals surface area contributed by atoms with Crippen molar-refractivity contribution in [1.82, 2.24) is 5.32 Å². The highest BCUT2D eigenvalue weighted by molar-refractivity contribution is 7.86. The molecule has 7 heteroatoms. The van der Waals surface area contributed by atoms with E-state index >= 15 is 0 Å². The largest absolute Gasteiger partial charge is 0.444 e. The Morgan fingerprint density at radius 2 is 1.88 bits per heavy atom. The topological polar surface area (TPSA) is 81.7 Å². The maximum absolute atomic E-state index is 12.2. The molecule has 0 radical (unpaired) electrons. The molecule has 1 N–H and O–H groups in total. The Kier molecular flexibility index (Phi) is 5.49. The third-order valence-electron chi connectivity index (χ3n) is 4.31. The van der Waals surface area contributed by atoms with Gasteiger partial charge in [0.2, 0.25) is 0 Å². The fourth-order valence-electron chi connectivity index (χ4n) is 2.51. The highest BCUT2D eigenvalue weighted by Gasteiger charge is 2.50. The number of aryl methyl sites for hydroxylation is 1. The lowest BCUT2D eigenvalue weighted by molar-refractivity contribution is 0.0515. The zero-order chi connectivity index (χ0) is 18.9. The van der Waals surface area contributed by atoms with Gasteiger partial charge in [-0.3, -0.25) is 4.18 Å². The monoisotopic (exact) mass is 369 g/mol. The van der Waals surface area contributed by atoms with Crippen molar-refractivity contribution in [3.05, 3.63) is 29.8 Å². The highest BCUT2D eigenvalue weighted by atomic mass is 32.2. The van der Waals surface area contributed by atoms with Gasteiger partial charge in [0.15, 0.2) is 0 Å². The summed E-state index contributed by atoms with van der Waals surface area (Å²) in [5.74, 6) is 0.0858. The Hall–Kier alpha value is -1.60. The minimum atomic E-state index is -3.75. The van der Waals surface area contributed by atoms with Gasteiger partial charge in [0.1, 0.15) is 5.60 Å². The minimum Gasteiger partial charge on any atom is -0.444 e. The van der Waals surface area contributed by atoms with E-state index in [-0.39, 0.29) is 22.8 Å². The first kappa shape index (κ1) is 19.7. The molecule has 0 heterocycles. The second-order valence-electron chi connectivity index (χ2n) is 7.96. The summed E-state index contributed by atoms with van der Waals surface area (Å²) in [6.45, 7) is 9.85. The molecule has 140 valence electrons. The minimum absolute atomic E-state index is 0.0858. The van der Waals surface area contributed by atoms with Gasteiger partial charge in [-0.15, -0.1) is 0 Å². The number of amides is 1. The molecule has 0 unspecified atom stereocenters. The fraction of sp³-hybridized carbons (Fsp3) is 0.611. The SMILES string of the molecule is Cc1ccc(S(=O)(=O)OC[C@@H]2C[C@]2(C)CNC(=O)OC(C)(C)C)cc1.